The molecule has 0 aliphatic rings. The van der Waals surface area contributed by atoms with Gasteiger partial charge >= 0.3 is 0 Å². The van der Waals surface area contributed by atoms with Gasteiger partial charge in [0.2, 0.25) is 0 Å². The lowest BCUT2D eigenvalue weighted by molar-refractivity contribution is 0.0954. The minimum Gasteiger partial charge on any atom is -0.351 e. The molecule has 0 bridgehead atoms. The Kier molecular flexibility index (Phi) is 7.42. The van der Waals surface area contributed by atoms with E-state index in [-0.39, 0.29) is 18.3 Å². The number of aromatic nitrogens is 2. The van der Waals surface area contributed by atoms with Gasteiger partial charge in [-0.2, -0.15) is 5.10 Å². The molecule has 114 valence electrons. The van der Waals surface area contributed by atoms with Crippen molar-refractivity contribution in [1.29, 1.82) is 0 Å². The highest BCUT2D eigenvalue weighted by molar-refractivity contribution is 9.10. The second kappa shape index (κ2) is 8.81. The van der Waals surface area contributed by atoms with Crippen molar-refractivity contribution < 1.29 is 4.79 Å². The van der Waals surface area contributed by atoms with E-state index in [9.17, 15) is 4.79 Å². The molecule has 7 heteroatoms. The van der Waals surface area contributed by atoms with Crippen LogP contribution in [0, 0.1) is 0 Å². The minimum absolute atomic E-state index is 0. The van der Waals surface area contributed by atoms with Gasteiger partial charge in [-0.05, 0) is 30.8 Å². The number of benzene rings is 1. The maximum Gasteiger partial charge on any atom is 0.254 e. The lowest BCUT2D eigenvalue weighted by Gasteiger charge is -2.03. The zero-order valence-corrected chi connectivity index (χ0v) is 14.1. The van der Waals surface area contributed by atoms with Crippen molar-refractivity contribution in [2.45, 2.75) is 6.92 Å². The molecule has 0 saturated heterocycles. The number of rotatable bonds is 6. The van der Waals surface area contributed by atoms with Crippen molar-refractivity contribution >= 4 is 34.2 Å². The average Bonchev–Trinajstić information content (AvgIpc) is 2.94. The molecule has 1 heterocycles. The van der Waals surface area contributed by atoms with Crippen LogP contribution < -0.4 is 10.6 Å². The monoisotopic (exact) mass is 372 g/mol. The quantitative estimate of drug-likeness (QED) is 0.765. The molecule has 0 fully saturated rings. The van der Waals surface area contributed by atoms with Gasteiger partial charge in [0.05, 0.1) is 17.4 Å². The fourth-order valence-corrected chi connectivity index (χ4v) is 1.98. The first-order chi connectivity index (χ1) is 9.70. The van der Waals surface area contributed by atoms with Crippen LogP contribution in [0.1, 0.15) is 17.3 Å². The third-order valence-electron chi connectivity index (χ3n) is 2.77. The predicted molar refractivity (Wildman–Crippen MR) is 89.4 cm³/mol. The van der Waals surface area contributed by atoms with E-state index in [1.165, 1.54) is 0 Å². The number of carbonyl (C=O) groups is 1. The number of nitrogens with zero attached hydrogens (tertiary/aromatic N) is 2. The molecule has 0 saturated carbocycles. The van der Waals surface area contributed by atoms with Crippen LogP contribution in [0.2, 0.25) is 0 Å². The molecule has 2 rings (SSSR count). The van der Waals surface area contributed by atoms with E-state index in [1.54, 1.807) is 17.1 Å². The second-order valence-electron chi connectivity index (χ2n) is 4.26. The summed E-state index contributed by atoms with van der Waals surface area (Å²) in [7, 11) is 0. The number of carbonyl (C=O) groups excluding carboxylic acids is 1. The van der Waals surface area contributed by atoms with Gasteiger partial charge in [0.1, 0.15) is 0 Å². The Labute approximate surface area is 138 Å². The maximum atomic E-state index is 11.9. The Hall–Kier alpha value is -1.37. The first-order valence-corrected chi connectivity index (χ1v) is 7.29. The fourth-order valence-electron chi connectivity index (χ4n) is 1.72. The molecule has 0 spiro atoms. The molecular formula is C14H18BrClN4O. The van der Waals surface area contributed by atoms with Crippen molar-refractivity contribution in [2.24, 2.45) is 0 Å². The van der Waals surface area contributed by atoms with Gasteiger partial charge in [0.15, 0.2) is 0 Å². The number of amides is 1. The summed E-state index contributed by atoms with van der Waals surface area (Å²) in [6, 6.07) is 7.74. The van der Waals surface area contributed by atoms with E-state index < -0.39 is 0 Å². The Morgan fingerprint density at radius 1 is 1.29 bits per heavy atom. The Morgan fingerprint density at radius 2 is 2.00 bits per heavy atom. The lowest BCUT2D eigenvalue weighted by Crippen LogP contribution is -2.31. The standard InChI is InChI=1S/C14H17BrN4O.ClH/c1-2-16-7-8-17-14(20)11-9-18-19(10-11)13-5-3-12(15)4-6-13;/h3-6,9-10,16H,2,7-8H2,1H3,(H,17,20);1H. The summed E-state index contributed by atoms with van der Waals surface area (Å²) >= 11 is 3.39. The highest BCUT2D eigenvalue weighted by Gasteiger charge is 2.08. The van der Waals surface area contributed by atoms with E-state index in [0.29, 0.717) is 12.1 Å². The van der Waals surface area contributed by atoms with Crippen molar-refractivity contribution in [3.63, 3.8) is 0 Å². The number of likely N-dealkylation sites (N-methyl/N-ethyl adjacent to an activating group) is 1. The highest BCUT2D eigenvalue weighted by Crippen LogP contribution is 2.13. The average molecular weight is 374 g/mol. The van der Waals surface area contributed by atoms with Crippen LogP contribution in [0.5, 0.6) is 0 Å². The summed E-state index contributed by atoms with van der Waals surface area (Å²) in [4.78, 5) is 11.9. The highest BCUT2D eigenvalue weighted by atomic mass is 79.9. The Bertz CT molecular complexity index is 571. The summed E-state index contributed by atoms with van der Waals surface area (Å²) in [6.07, 6.45) is 3.30. The molecule has 5 nitrogen and oxygen atoms in total. The van der Waals surface area contributed by atoms with Crippen LogP contribution >= 0.6 is 28.3 Å². The summed E-state index contributed by atoms with van der Waals surface area (Å²) < 4.78 is 2.70. The number of halogens is 2. The number of nitrogens with one attached hydrogen (secondary N) is 2. The van der Waals surface area contributed by atoms with Crippen LogP contribution in [0.4, 0.5) is 0 Å². The molecule has 0 radical (unpaired) electrons. The zero-order valence-electron chi connectivity index (χ0n) is 11.7. The van der Waals surface area contributed by atoms with Crippen molar-refractivity contribution in [3.05, 3.63) is 46.7 Å². The van der Waals surface area contributed by atoms with Gasteiger partial charge < -0.3 is 10.6 Å². The van der Waals surface area contributed by atoms with Gasteiger partial charge in [0.25, 0.3) is 5.91 Å². The summed E-state index contributed by atoms with van der Waals surface area (Å²) in [5.74, 6) is -0.105. The van der Waals surface area contributed by atoms with Crippen LogP contribution in [0.25, 0.3) is 5.69 Å². The molecule has 2 aromatic rings. The summed E-state index contributed by atoms with van der Waals surface area (Å²) in [6.45, 7) is 4.31. The minimum atomic E-state index is -0.105. The van der Waals surface area contributed by atoms with E-state index in [0.717, 1.165) is 23.2 Å². The van der Waals surface area contributed by atoms with Gasteiger partial charge in [-0.3, -0.25) is 4.79 Å². The molecule has 1 aromatic heterocycles. The van der Waals surface area contributed by atoms with Crippen molar-refractivity contribution in [1.82, 2.24) is 20.4 Å². The second-order valence-corrected chi connectivity index (χ2v) is 5.18. The third kappa shape index (κ3) is 5.15. The van der Waals surface area contributed by atoms with Crippen molar-refractivity contribution in [3.8, 4) is 5.69 Å². The molecule has 1 amide bonds. The van der Waals surface area contributed by atoms with E-state index >= 15 is 0 Å². The third-order valence-corrected chi connectivity index (χ3v) is 3.30. The van der Waals surface area contributed by atoms with Crippen molar-refractivity contribution in [2.75, 3.05) is 19.6 Å². The largest absolute Gasteiger partial charge is 0.351 e. The van der Waals surface area contributed by atoms with Gasteiger partial charge in [-0.15, -0.1) is 12.4 Å². The first kappa shape index (κ1) is 17.7. The fraction of sp³-hybridized carbons (Fsp3) is 0.286. The first-order valence-electron chi connectivity index (χ1n) is 6.50. The van der Waals surface area contributed by atoms with Crippen LogP contribution in [-0.4, -0.2) is 35.3 Å². The summed E-state index contributed by atoms with van der Waals surface area (Å²) in [5, 5.41) is 10.2. The van der Waals surface area contributed by atoms with Crippen LogP contribution in [0.15, 0.2) is 41.1 Å². The van der Waals surface area contributed by atoms with E-state index in [1.807, 2.05) is 31.2 Å². The topological polar surface area (TPSA) is 58.9 Å². The SMILES string of the molecule is CCNCCNC(=O)c1cnn(-c2ccc(Br)cc2)c1.Cl. The van der Waals surface area contributed by atoms with Crippen LogP contribution in [0.3, 0.4) is 0 Å². The Morgan fingerprint density at radius 3 is 2.67 bits per heavy atom. The number of hydrogen-bond acceptors (Lipinski definition) is 3. The molecule has 1 aromatic carbocycles. The molecule has 21 heavy (non-hydrogen) atoms. The molecular weight excluding hydrogens is 356 g/mol. The molecule has 0 atom stereocenters. The van der Waals surface area contributed by atoms with Crippen LogP contribution in [-0.2, 0) is 0 Å². The van der Waals surface area contributed by atoms with Gasteiger partial charge in [-0.25, -0.2) is 4.68 Å². The zero-order chi connectivity index (χ0) is 14.4. The van der Waals surface area contributed by atoms with Gasteiger partial charge in [-0.1, -0.05) is 22.9 Å². The molecule has 0 aliphatic carbocycles. The smallest absolute Gasteiger partial charge is 0.254 e. The maximum absolute atomic E-state index is 11.9. The van der Waals surface area contributed by atoms with E-state index in [2.05, 4.69) is 31.7 Å². The van der Waals surface area contributed by atoms with E-state index in [4.69, 9.17) is 0 Å². The normalized spacial score (nSPS) is 10.0. The lowest BCUT2D eigenvalue weighted by atomic mass is 10.3. The Balaban J connectivity index is 0.00000220. The molecule has 2 N–H and O–H groups in total. The molecule has 0 unspecified atom stereocenters. The summed E-state index contributed by atoms with van der Waals surface area (Å²) in [5.41, 5.74) is 1.48. The predicted octanol–water partition coefficient (Wildman–Crippen LogP) is 2.40. The van der Waals surface area contributed by atoms with Gasteiger partial charge in [0, 0.05) is 23.8 Å². The number of hydrogen-bond donors (Lipinski definition) is 2. The molecule has 0 aliphatic heterocycles.